The molecule has 0 fully saturated rings. The Morgan fingerprint density at radius 1 is 0.250 bits per heavy atom. The molecule has 0 spiro atoms. The van der Waals surface area contributed by atoms with Crippen molar-refractivity contribution in [1.82, 2.24) is 9.13 Å². The predicted molar refractivity (Wildman–Crippen MR) is 454 cm³/mol. The van der Waals surface area contributed by atoms with Crippen molar-refractivity contribution in [3.8, 4) is 78.1 Å². The van der Waals surface area contributed by atoms with E-state index in [1.165, 1.54) is 116 Å². The van der Waals surface area contributed by atoms with Gasteiger partial charge in [0.05, 0.1) is 40.0 Å². The lowest BCUT2D eigenvalue weighted by atomic mass is 9.82. The fourth-order valence-electron chi connectivity index (χ4n) is 17.3. The number of fused-ring (bicyclic) bond motifs is 12. The van der Waals surface area contributed by atoms with E-state index in [9.17, 15) is 0 Å². The average molecular weight is 1380 g/mol. The van der Waals surface area contributed by atoms with Gasteiger partial charge in [-0.1, -0.05) is 301 Å². The van der Waals surface area contributed by atoms with E-state index in [1.54, 1.807) is 0 Å². The lowest BCUT2D eigenvalue weighted by molar-refractivity contribution is 0.660. The Morgan fingerprint density at radius 2 is 0.565 bits per heavy atom. The number of anilines is 6. The van der Waals surface area contributed by atoms with Crippen molar-refractivity contribution in [2.24, 2.45) is 0 Å². The number of hydrogen-bond donors (Lipinski definition) is 0. The van der Waals surface area contributed by atoms with E-state index in [0.717, 1.165) is 61.8 Å². The molecular formula is C103H75N5. The molecule has 2 aliphatic carbocycles. The molecule has 0 N–H and O–H groups in total. The van der Waals surface area contributed by atoms with Gasteiger partial charge >= 0.3 is 0 Å². The summed E-state index contributed by atoms with van der Waals surface area (Å²) < 4.78 is 4.88. The monoisotopic (exact) mass is 1380 g/mol. The quantitative estimate of drug-likeness (QED) is 0.114. The highest BCUT2D eigenvalue weighted by molar-refractivity contribution is 6.18. The summed E-state index contributed by atoms with van der Waals surface area (Å²) >= 11 is 0. The molecule has 18 aromatic rings. The van der Waals surface area contributed by atoms with E-state index >= 15 is 0 Å². The maximum Gasteiger partial charge on any atom is 0.189 e. The SMILES string of the molecule is CC1(C)c2ccccc2-c2ccc(-n3c4ccccc4c4c(N(c5ccc(-c6ccccc6)cc5)c5ccc(-c6ccccc6)cc5)cccc43)cc21.[C-]#[N+]c1cccc(N(c2ccc(-c3ccc(-c4ccccc4)cc3)cc2)c2cccc3c2c2ccccc2n3-c2ccc3c(c2)C(C)(C)c2ccccc2-3)c1. The standard InChI is InChI=1S/C52H37N3.C51H38N2/c1-52(2)46-19-9-7-17-43(46)44-32-31-42(34-47(44)52)55-48-20-10-8-18-45(48)51-49(21-12-22-50(51)55)54(41-16-11-15-39(33-41)53-3)40-29-27-38(28-30-40)37-25-23-36(24-26-37)35-13-5-4-6-14-35;1-51(2)45-20-11-9-18-42(45)43-33-32-41(34-46(43)51)53-47-21-12-10-19-44(47)50-48(22-13-23-49(50)53)52(39-28-24-37(25-29-39)35-14-5-3-6-15-35)40-30-26-38(27-31-40)36-16-7-4-8-17-36/h4-34H,1-2H3;3-34H,1-2H3. The first-order valence-electron chi connectivity index (χ1n) is 37.2. The first kappa shape index (κ1) is 65.0. The molecule has 0 amide bonds. The second-order valence-corrected chi connectivity index (χ2v) is 29.5. The summed E-state index contributed by atoms with van der Waals surface area (Å²) in [6.07, 6.45) is 0. The molecule has 108 heavy (non-hydrogen) atoms. The number of benzene rings is 16. The average Bonchev–Trinajstić information content (AvgIpc) is 1.57. The third kappa shape index (κ3) is 11.0. The zero-order valence-electron chi connectivity index (χ0n) is 60.6. The molecule has 0 unspecified atom stereocenters. The molecule has 0 radical (unpaired) electrons. The smallest absolute Gasteiger partial charge is 0.189 e. The molecule has 20 rings (SSSR count). The van der Waals surface area contributed by atoms with Crippen LogP contribution in [0.2, 0.25) is 0 Å². The molecule has 2 aromatic heterocycles. The first-order valence-corrected chi connectivity index (χ1v) is 37.2. The minimum Gasteiger partial charge on any atom is -0.311 e. The Bertz CT molecular complexity index is 6430. The van der Waals surface area contributed by atoms with Crippen molar-refractivity contribution in [1.29, 1.82) is 0 Å². The molecule has 0 bridgehead atoms. The zero-order chi connectivity index (χ0) is 72.6. The highest BCUT2D eigenvalue weighted by Crippen LogP contribution is 2.53. The Hall–Kier alpha value is -13.8. The van der Waals surface area contributed by atoms with Crippen LogP contribution in [0.25, 0.3) is 127 Å². The third-order valence-electron chi connectivity index (χ3n) is 22.6. The molecule has 16 aromatic carbocycles. The zero-order valence-corrected chi connectivity index (χ0v) is 60.6. The van der Waals surface area contributed by atoms with E-state index in [1.807, 2.05) is 24.3 Å². The molecule has 2 heterocycles. The largest absolute Gasteiger partial charge is 0.311 e. The van der Waals surface area contributed by atoms with E-state index in [-0.39, 0.29) is 10.8 Å². The highest BCUT2D eigenvalue weighted by Gasteiger charge is 2.37. The second kappa shape index (κ2) is 26.4. The number of nitrogens with zero attached hydrogens (tertiary/aromatic N) is 5. The molecule has 5 nitrogen and oxygen atoms in total. The molecule has 5 heteroatoms. The second-order valence-electron chi connectivity index (χ2n) is 29.5. The Balaban J connectivity index is 0.000000147. The van der Waals surface area contributed by atoms with Gasteiger partial charge in [-0.2, -0.15) is 0 Å². The van der Waals surface area contributed by atoms with Gasteiger partial charge in [0.15, 0.2) is 5.69 Å². The maximum absolute atomic E-state index is 7.85. The molecule has 0 aliphatic heterocycles. The van der Waals surface area contributed by atoms with Crippen LogP contribution in [0.3, 0.4) is 0 Å². The summed E-state index contributed by atoms with van der Waals surface area (Å²) in [4.78, 5) is 8.54. The van der Waals surface area contributed by atoms with Crippen molar-refractivity contribution in [3.63, 3.8) is 0 Å². The molecule has 0 saturated heterocycles. The van der Waals surface area contributed by atoms with E-state index in [0.29, 0.717) is 5.69 Å². The number of rotatable bonds is 12. The Morgan fingerprint density at radius 3 is 0.963 bits per heavy atom. The fourth-order valence-corrected chi connectivity index (χ4v) is 17.3. The minimum atomic E-state index is -0.104. The topological polar surface area (TPSA) is 20.7 Å². The van der Waals surface area contributed by atoms with Gasteiger partial charge in [0.25, 0.3) is 0 Å². The summed E-state index contributed by atoms with van der Waals surface area (Å²) in [5, 5.41) is 4.80. The maximum atomic E-state index is 7.85. The summed E-state index contributed by atoms with van der Waals surface area (Å²) in [7, 11) is 0. The summed E-state index contributed by atoms with van der Waals surface area (Å²) in [5.74, 6) is 0. The van der Waals surface area contributed by atoms with Gasteiger partial charge in [0.1, 0.15) is 0 Å². The summed E-state index contributed by atoms with van der Waals surface area (Å²) in [6, 6.07) is 138. The molecule has 0 saturated carbocycles. The summed E-state index contributed by atoms with van der Waals surface area (Å²) in [6.45, 7) is 17.2. The van der Waals surface area contributed by atoms with Crippen LogP contribution in [0, 0.1) is 6.57 Å². The Labute approximate surface area is 630 Å². The van der Waals surface area contributed by atoms with Crippen molar-refractivity contribution >= 4 is 83.4 Å². The summed E-state index contributed by atoms with van der Waals surface area (Å²) in [5.41, 5.74) is 34.1. The molecule has 0 atom stereocenters. The van der Waals surface area contributed by atoms with Gasteiger partial charge in [-0.25, -0.2) is 4.85 Å². The minimum absolute atomic E-state index is 0.0829. The van der Waals surface area contributed by atoms with Crippen molar-refractivity contribution in [3.05, 3.63) is 416 Å². The normalized spacial score (nSPS) is 12.8. The van der Waals surface area contributed by atoms with Crippen LogP contribution in [0.5, 0.6) is 0 Å². The van der Waals surface area contributed by atoms with Gasteiger partial charge in [0, 0.05) is 66.5 Å². The van der Waals surface area contributed by atoms with Crippen LogP contribution in [0.4, 0.5) is 39.8 Å². The van der Waals surface area contributed by atoms with Gasteiger partial charge in [-0.05, 0) is 198 Å². The fraction of sp³-hybridized carbons (Fsp3) is 0.0583. The Kier molecular flexibility index (Phi) is 15.9. The van der Waals surface area contributed by atoms with Crippen LogP contribution >= 0.6 is 0 Å². The van der Waals surface area contributed by atoms with Gasteiger partial charge in [0.2, 0.25) is 0 Å². The van der Waals surface area contributed by atoms with E-state index < -0.39 is 0 Å². The highest BCUT2D eigenvalue weighted by atomic mass is 15.2. The number of para-hydroxylation sites is 2. The predicted octanol–water partition coefficient (Wildman–Crippen LogP) is 28.3. The molecule has 512 valence electrons. The van der Waals surface area contributed by atoms with Gasteiger partial charge in [-0.15, -0.1) is 0 Å². The van der Waals surface area contributed by atoms with Crippen LogP contribution in [0.1, 0.15) is 49.9 Å². The first-order chi connectivity index (χ1) is 53.0. The van der Waals surface area contributed by atoms with Crippen LogP contribution in [0.15, 0.2) is 382 Å². The van der Waals surface area contributed by atoms with Crippen molar-refractivity contribution in [2.75, 3.05) is 9.80 Å². The third-order valence-corrected chi connectivity index (χ3v) is 22.6. The van der Waals surface area contributed by atoms with Crippen molar-refractivity contribution in [2.45, 2.75) is 38.5 Å². The van der Waals surface area contributed by atoms with E-state index in [4.69, 9.17) is 6.57 Å². The van der Waals surface area contributed by atoms with Crippen LogP contribution in [-0.4, -0.2) is 9.13 Å². The van der Waals surface area contributed by atoms with Gasteiger partial charge in [-0.3, -0.25) is 0 Å². The molecular weight excluding hydrogens is 1310 g/mol. The molecule has 2 aliphatic rings. The van der Waals surface area contributed by atoms with E-state index in [2.05, 4.69) is 409 Å². The lowest BCUT2D eigenvalue weighted by Crippen LogP contribution is -2.15. The van der Waals surface area contributed by atoms with Crippen LogP contribution in [-0.2, 0) is 10.8 Å². The van der Waals surface area contributed by atoms with Crippen molar-refractivity contribution < 1.29 is 0 Å². The van der Waals surface area contributed by atoms with Crippen LogP contribution < -0.4 is 9.80 Å². The van der Waals surface area contributed by atoms with Gasteiger partial charge < -0.3 is 18.9 Å². The lowest BCUT2D eigenvalue weighted by Gasteiger charge is -2.27. The number of hydrogen-bond acceptors (Lipinski definition) is 2. The number of aromatic nitrogens is 2.